The summed E-state index contributed by atoms with van der Waals surface area (Å²) >= 11 is 0. The van der Waals surface area contributed by atoms with Gasteiger partial charge in [0, 0.05) is 19.9 Å². The average Bonchev–Trinajstić information content (AvgIpc) is 2.31. The fourth-order valence-electron chi connectivity index (χ4n) is 1.85. The maximum absolute atomic E-state index is 9.43. The molecule has 0 bridgehead atoms. The Morgan fingerprint density at radius 1 is 1.41 bits per heavy atom. The predicted molar refractivity (Wildman–Crippen MR) is 69.2 cm³/mol. The van der Waals surface area contributed by atoms with Gasteiger partial charge in [-0.2, -0.15) is 0 Å². The van der Waals surface area contributed by atoms with Crippen LogP contribution in [0.25, 0.3) is 0 Å². The number of hydrogen-bond donors (Lipinski definition) is 1. The number of methoxy groups -OCH3 is 1. The molecule has 0 aliphatic rings. The Kier molecular flexibility index (Phi) is 5.38. The van der Waals surface area contributed by atoms with Crippen LogP contribution in [0.3, 0.4) is 0 Å². The van der Waals surface area contributed by atoms with Crippen LogP contribution in [0.1, 0.15) is 32.4 Å². The van der Waals surface area contributed by atoms with Crippen LogP contribution in [0.2, 0.25) is 0 Å². The average molecular weight is 238 g/mol. The lowest BCUT2D eigenvalue weighted by Crippen LogP contribution is -2.36. The smallest absolute Gasteiger partial charge is 0.128 e. The second-order valence-electron chi connectivity index (χ2n) is 4.22. The third-order valence-electron chi connectivity index (χ3n) is 2.83. The van der Waals surface area contributed by atoms with Crippen LogP contribution < -0.4 is 4.90 Å². The van der Waals surface area contributed by atoms with E-state index < -0.39 is 6.10 Å². The van der Waals surface area contributed by atoms with Gasteiger partial charge in [-0.05, 0) is 32.4 Å². The summed E-state index contributed by atoms with van der Waals surface area (Å²) < 4.78 is 5.16. The fraction of sp³-hybridized carbons (Fsp3) is 0.615. The Balaban J connectivity index is 2.82. The molecule has 96 valence electrons. The molecule has 1 aromatic heterocycles. The van der Waals surface area contributed by atoms with Crippen molar-refractivity contribution in [2.24, 2.45) is 0 Å². The molecule has 0 amide bonds. The van der Waals surface area contributed by atoms with Crippen LogP contribution in [0.4, 0.5) is 5.82 Å². The number of aliphatic hydroxyl groups excluding tert-OH is 1. The standard InChI is InChI=1S/C13H22N2O2/c1-5-15(10(2)9-17-4)13-7-6-12(8-14-13)11(3)16/h6-8,10-11,16H,5,9H2,1-4H3/t10?,11-/m1/s1. The molecular weight excluding hydrogens is 216 g/mol. The van der Waals surface area contributed by atoms with Crippen molar-refractivity contribution < 1.29 is 9.84 Å². The van der Waals surface area contributed by atoms with E-state index in [2.05, 4.69) is 23.7 Å². The van der Waals surface area contributed by atoms with E-state index in [4.69, 9.17) is 4.74 Å². The molecule has 0 aliphatic carbocycles. The van der Waals surface area contributed by atoms with Crippen molar-refractivity contribution in [1.82, 2.24) is 4.98 Å². The Morgan fingerprint density at radius 3 is 2.53 bits per heavy atom. The minimum atomic E-state index is -0.469. The minimum Gasteiger partial charge on any atom is -0.389 e. The zero-order chi connectivity index (χ0) is 12.8. The van der Waals surface area contributed by atoms with Gasteiger partial charge < -0.3 is 14.7 Å². The summed E-state index contributed by atoms with van der Waals surface area (Å²) in [6, 6.07) is 4.14. The molecule has 4 nitrogen and oxygen atoms in total. The van der Waals surface area contributed by atoms with Crippen molar-refractivity contribution in [1.29, 1.82) is 0 Å². The van der Waals surface area contributed by atoms with Gasteiger partial charge in [0.25, 0.3) is 0 Å². The van der Waals surface area contributed by atoms with Crippen molar-refractivity contribution in [3.63, 3.8) is 0 Å². The summed E-state index contributed by atoms with van der Waals surface area (Å²) in [5.74, 6) is 0.918. The molecule has 0 saturated heterocycles. The van der Waals surface area contributed by atoms with E-state index in [0.29, 0.717) is 6.61 Å². The number of ether oxygens (including phenoxy) is 1. The first-order valence-corrected chi connectivity index (χ1v) is 5.99. The van der Waals surface area contributed by atoms with E-state index in [1.165, 1.54) is 0 Å². The summed E-state index contributed by atoms with van der Waals surface area (Å²) in [6.45, 7) is 7.49. The fourth-order valence-corrected chi connectivity index (χ4v) is 1.85. The highest BCUT2D eigenvalue weighted by atomic mass is 16.5. The molecule has 1 heterocycles. The number of anilines is 1. The second-order valence-corrected chi connectivity index (χ2v) is 4.22. The van der Waals surface area contributed by atoms with Crippen LogP contribution in [0.5, 0.6) is 0 Å². The maximum Gasteiger partial charge on any atom is 0.128 e. The zero-order valence-corrected chi connectivity index (χ0v) is 11.1. The van der Waals surface area contributed by atoms with Crippen LogP contribution in [0, 0.1) is 0 Å². The van der Waals surface area contributed by atoms with Crippen LogP contribution in [0.15, 0.2) is 18.3 Å². The van der Waals surface area contributed by atoms with Gasteiger partial charge in [-0.15, -0.1) is 0 Å². The van der Waals surface area contributed by atoms with Gasteiger partial charge in [0.15, 0.2) is 0 Å². The molecular formula is C13H22N2O2. The molecule has 0 aromatic carbocycles. The predicted octanol–water partition coefficient (Wildman–Crippen LogP) is 2.00. The van der Waals surface area contributed by atoms with Gasteiger partial charge in [-0.1, -0.05) is 6.07 Å². The molecule has 1 aromatic rings. The van der Waals surface area contributed by atoms with E-state index in [-0.39, 0.29) is 6.04 Å². The molecule has 2 atom stereocenters. The normalized spacial score (nSPS) is 14.4. The Morgan fingerprint density at radius 2 is 2.12 bits per heavy atom. The molecule has 1 rings (SSSR count). The molecule has 1 N–H and O–H groups in total. The number of likely N-dealkylation sites (N-methyl/N-ethyl adjacent to an activating group) is 1. The van der Waals surface area contributed by atoms with E-state index in [1.807, 2.05) is 12.1 Å². The third-order valence-corrected chi connectivity index (χ3v) is 2.83. The quantitative estimate of drug-likeness (QED) is 0.823. The molecule has 0 radical (unpaired) electrons. The summed E-state index contributed by atoms with van der Waals surface area (Å²) in [7, 11) is 1.70. The minimum absolute atomic E-state index is 0.287. The highest BCUT2D eigenvalue weighted by Crippen LogP contribution is 2.17. The van der Waals surface area contributed by atoms with E-state index in [1.54, 1.807) is 20.2 Å². The topological polar surface area (TPSA) is 45.6 Å². The SMILES string of the molecule is CCN(c1ccc([C@@H](C)O)cn1)C(C)COC. The highest BCUT2D eigenvalue weighted by Gasteiger charge is 2.13. The lowest BCUT2D eigenvalue weighted by Gasteiger charge is -2.28. The Labute approximate surface area is 103 Å². The van der Waals surface area contributed by atoms with Crippen LogP contribution >= 0.6 is 0 Å². The summed E-state index contributed by atoms with van der Waals surface area (Å²) in [5.41, 5.74) is 0.837. The molecule has 0 saturated carbocycles. The molecule has 17 heavy (non-hydrogen) atoms. The highest BCUT2D eigenvalue weighted by molar-refractivity contribution is 5.40. The number of aromatic nitrogens is 1. The third kappa shape index (κ3) is 3.68. The first kappa shape index (κ1) is 13.9. The number of aliphatic hydroxyl groups is 1. The monoisotopic (exact) mass is 238 g/mol. The summed E-state index contributed by atoms with van der Waals surface area (Å²) in [4.78, 5) is 6.56. The second kappa shape index (κ2) is 6.57. The Hall–Kier alpha value is -1.13. The number of rotatable bonds is 6. The zero-order valence-electron chi connectivity index (χ0n) is 11.1. The van der Waals surface area contributed by atoms with Gasteiger partial charge in [0.2, 0.25) is 0 Å². The van der Waals surface area contributed by atoms with Crippen molar-refractivity contribution >= 4 is 5.82 Å². The van der Waals surface area contributed by atoms with Gasteiger partial charge in [-0.25, -0.2) is 4.98 Å². The van der Waals surface area contributed by atoms with Crippen LogP contribution in [-0.2, 0) is 4.74 Å². The van der Waals surface area contributed by atoms with E-state index in [9.17, 15) is 5.11 Å². The van der Waals surface area contributed by atoms with E-state index >= 15 is 0 Å². The molecule has 0 fully saturated rings. The van der Waals surface area contributed by atoms with E-state index in [0.717, 1.165) is 17.9 Å². The lowest BCUT2D eigenvalue weighted by molar-refractivity contribution is 0.181. The number of pyridine rings is 1. The number of nitrogens with zero attached hydrogens (tertiary/aromatic N) is 2. The molecule has 1 unspecified atom stereocenters. The van der Waals surface area contributed by atoms with Crippen molar-refractivity contribution in [2.45, 2.75) is 32.9 Å². The summed E-state index contributed by atoms with van der Waals surface area (Å²) in [6.07, 6.45) is 1.25. The number of hydrogen-bond acceptors (Lipinski definition) is 4. The van der Waals surface area contributed by atoms with Crippen molar-refractivity contribution in [3.05, 3.63) is 23.9 Å². The van der Waals surface area contributed by atoms with Crippen molar-refractivity contribution in [3.8, 4) is 0 Å². The molecule has 4 heteroatoms. The van der Waals surface area contributed by atoms with Gasteiger partial charge in [0.1, 0.15) is 5.82 Å². The molecule has 0 aliphatic heterocycles. The maximum atomic E-state index is 9.43. The first-order valence-electron chi connectivity index (χ1n) is 5.99. The van der Waals surface area contributed by atoms with Gasteiger partial charge in [0.05, 0.1) is 18.8 Å². The first-order chi connectivity index (χ1) is 8.10. The van der Waals surface area contributed by atoms with Gasteiger partial charge in [-0.3, -0.25) is 0 Å². The van der Waals surface area contributed by atoms with Crippen LogP contribution in [-0.4, -0.2) is 36.4 Å². The lowest BCUT2D eigenvalue weighted by atomic mass is 10.2. The summed E-state index contributed by atoms with van der Waals surface area (Å²) in [5, 5.41) is 9.43. The Bertz CT molecular complexity index is 325. The molecule has 0 spiro atoms. The van der Waals surface area contributed by atoms with Gasteiger partial charge >= 0.3 is 0 Å². The van der Waals surface area contributed by atoms with Crippen molar-refractivity contribution in [2.75, 3.05) is 25.2 Å². The largest absolute Gasteiger partial charge is 0.389 e.